The molecule has 2 fully saturated rings. The van der Waals surface area contributed by atoms with Crippen LogP contribution in [0.15, 0.2) is 30.3 Å². The third kappa shape index (κ3) is 8.32. The van der Waals surface area contributed by atoms with E-state index in [0.717, 1.165) is 0 Å². The second-order valence-corrected chi connectivity index (χ2v) is 9.25. The van der Waals surface area contributed by atoms with Gasteiger partial charge in [-0.25, -0.2) is 0 Å². The van der Waals surface area contributed by atoms with E-state index in [2.05, 4.69) is 24.4 Å². The molecule has 0 spiro atoms. The number of rotatable bonds is 3. The largest absolute Gasteiger partial charge is 0.391 e. The summed E-state index contributed by atoms with van der Waals surface area (Å²) in [5.74, 6) is 0. The lowest BCUT2D eigenvalue weighted by atomic mass is 9.92. The van der Waals surface area contributed by atoms with Crippen LogP contribution in [0.2, 0.25) is 0 Å². The third-order valence-corrected chi connectivity index (χ3v) is 5.44. The lowest BCUT2D eigenvalue weighted by molar-refractivity contribution is -0.115. The van der Waals surface area contributed by atoms with Gasteiger partial charge in [0.15, 0.2) is 0 Å². The third-order valence-electron chi connectivity index (χ3n) is 5.44. The van der Waals surface area contributed by atoms with Gasteiger partial charge in [-0.1, -0.05) is 37.8 Å². The first kappa shape index (κ1) is 26.0. The Kier molecular flexibility index (Phi) is 9.73. The zero-order chi connectivity index (χ0) is 20.9. The topological polar surface area (TPSA) is 97.0 Å². The molecule has 1 aromatic carbocycles. The predicted octanol–water partition coefficient (Wildman–Crippen LogP) is 2.78. The van der Waals surface area contributed by atoms with E-state index < -0.39 is 6.10 Å². The zero-order valence-electron chi connectivity index (χ0n) is 17.9. The predicted molar refractivity (Wildman–Crippen MR) is 118 cm³/mol. The Balaban J connectivity index is 0.000000327. The summed E-state index contributed by atoms with van der Waals surface area (Å²) >= 11 is 0. The van der Waals surface area contributed by atoms with Crippen LogP contribution in [0.1, 0.15) is 66.5 Å². The van der Waals surface area contributed by atoms with E-state index in [4.69, 9.17) is 15.2 Å². The first-order chi connectivity index (χ1) is 13.0. The first-order valence-corrected chi connectivity index (χ1v) is 10.2. The molecule has 0 saturated carbocycles. The van der Waals surface area contributed by atoms with Gasteiger partial charge in [0.25, 0.3) is 0 Å². The molecule has 2 saturated heterocycles. The molecule has 0 radical (unpaired) electrons. The van der Waals surface area contributed by atoms with Gasteiger partial charge in [-0.15, -0.1) is 0 Å². The van der Waals surface area contributed by atoms with Gasteiger partial charge in [0.1, 0.15) is 0 Å². The molecule has 0 unspecified atom stereocenters. The normalized spacial score (nSPS) is 31.6. The summed E-state index contributed by atoms with van der Waals surface area (Å²) in [6, 6.07) is 10.3. The fourth-order valence-corrected chi connectivity index (χ4v) is 3.60. The summed E-state index contributed by atoms with van der Waals surface area (Å²) in [6.07, 6.45) is 0.559. The SMILES string of the molecule is C.CC1(C)C[C@@H](O)[C@H](N)CO1.C[C@@H](N[C@@H]1COC(C)(C)C[C@H]1O)c1ccccc1. The van der Waals surface area contributed by atoms with E-state index in [9.17, 15) is 10.2 Å². The number of aliphatic hydroxyl groups is 2. The van der Waals surface area contributed by atoms with Gasteiger partial charge >= 0.3 is 0 Å². The Hall–Kier alpha value is -1.02. The number of nitrogens with two attached hydrogens (primary N) is 1. The van der Waals surface area contributed by atoms with Gasteiger partial charge in [0, 0.05) is 18.9 Å². The number of nitrogens with one attached hydrogen (secondary N) is 1. The lowest BCUT2D eigenvalue weighted by Gasteiger charge is -2.39. The molecule has 0 aliphatic carbocycles. The highest BCUT2D eigenvalue weighted by molar-refractivity contribution is 5.18. The van der Waals surface area contributed by atoms with Crippen molar-refractivity contribution in [1.82, 2.24) is 5.32 Å². The van der Waals surface area contributed by atoms with Crippen molar-refractivity contribution in [3.05, 3.63) is 35.9 Å². The number of hydrogen-bond acceptors (Lipinski definition) is 6. The van der Waals surface area contributed by atoms with Crippen LogP contribution in [0.5, 0.6) is 0 Å². The molecule has 6 nitrogen and oxygen atoms in total. The van der Waals surface area contributed by atoms with Crippen molar-refractivity contribution < 1.29 is 19.7 Å². The Morgan fingerprint density at radius 1 is 0.966 bits per heavy atom. The van der Waals surface area contributed by atoms with Crippen molar-refractivity contribution in [2.45, 2.75) is 96.4 Å². The quantitative estimate of drug-likeness (QED) is 0.612. The van der Waals surface area contributed by atoms with Crippen molar-refractivity contribution >= 4 is 0 Å². The zero-order valence-corrected chi connectivity index (χ0v) is 17.9. The number of ether oxygens (including phenoxy) is 2. The van der Waals surface area contributed by atoms with E-state index in [0.29, 0.717) is 26.1 Å². The molecule has 5 N–H and O–H groups in total. The van der Waals surface area contributed by atoms with E-state index in [1.54, 1.807) is 0 Å². The second-order valence-electron chi connectivity index (χ2n) is 9.25. The second kappa shape index (κ2) is 10.8. The monoisotopic (exact) mass is 410 g/mol. The van der Waals surface area contributed by atoms with Crippen LogP contribution in [-0.4, -0.2) is 58.9 Å². The molecule has 29 heavy (non-hydrogen) atoms. The molecule has 6 heteroatoms. The Bertz CT molecular complexity index is 594. The summed E-state index contributed by atoms with van der Waals surface area (Å²) in [4.78, 5) is 0. The maximum Gasteiger partial charge on any atom is 0.0743 e. The van der Waals surface area contributed by atoms with Gasteiger partial charge in [0.05, 0.1) is 48.7 Å². The molecule has 168 valence electrons. The molecule has 2 aliphatic heterocycles. The fourth-order valence-electron chi connectivity index (χ4n) is 3.60. The van der Waals surface area contributed by atoms with Crippen LogP contribution in [0.4, 0.5) is 0 Å². The summed E-state index contributed by atoms with van der Waals surface area (Å²) in [5.41, 5.74) is 6.34. The van der Waals surface area contributed by atoms with E-state index in [1.807, 2.05) is 45.9 Å². The van der Waals surface area contributed by atoms with Gasteiger partial charge in [-0.3, -0.25) is 0 Å². The summed E-state index contributed by atoms with van der Waals surface area (Å²) < 4.78 is 11.1. The molecule has 0 aromatic heterocycles. The Morgan fingerprint density at radius 2 is 1.48 bits per heavy atom. The van der Waals surface area contributed by atoms with E-state index >= 15 is 0 Å². The molecule has 5 atom stereocenters. The van der Waals surface area contributed by atoms with Crippen LogP contribution >= 0.6 is 0 Å². The standard InChI is InChI=1S/C15H23NO2.C7H15NO2.CH4/c1-11(12-7-5-4-6-8-12)16-13-10-18-15(2,3)9-14(13)17;1-7(2)3-6(9)5(8)4-10-7;/h4-8,11,13-14,16-17H,9-10H2,1-3H3;5-6,9H,3-4,8H2,1-2H3;1H4/t11-,13-,14-;5-,6-;/m11./s1. The van der Waals surface area contributed by atoms with Crippen molar-refractivity contribution in [1.29, 1.82) is 0 Å². The van der Waals surface area contributed by atoms with Crippen LogP contribution in [-0.2, 0) is 9.47 Å². The minimum atomic E-state index is -0.399. The molecule has 0 bridgehead atoms. The highest BCUT2D eigenvalue weighted by Crippen LogP contribution is 2.26. The molecule has 2 heterocycles. The van der Waals surface area contributed by atoms with Gasteiger partial charge < -0.3 is 30.7 Å². The average Bonchev–Trinajstić information content (AvgIpc) is 2.61. The van der Waals surface area contributed by atoms with Crippen molar-refractivity contribution in [3.63, 3.8) is 0 Å². The summed E-state index contributed by atoms with van der Waals surface area (Å²) in [7, 11) is 0. The van der Waals surface area contributed by atoms with Crippen LogP contribution in [0.3, 0.4) is 0 Å². The van der Waals surface area contributed by atoms with Gasteiger partial charge in [0.2, 0.25) is 0 Å². The van der Waals surface area contributed by atoms with Crippen LogP contribution < -0.4 is 11.1 Å². The maximum absolute atomic E-state index is 10.2. The molecular formula is C23H42N2O4. The van der Waals surface area contributed by atoms with E-state index in [-0.39, 0.29) is 42.9 Å². The van der Waals surface area contributed by atoms with Gasteiger partial charge in [-0.2, -0.15) is 0 Å². The lowest BCUT2D eigenvalue weighted by Crippen LogP contribution is -2.53. The Morgan fingerprint density at radius 3 is 1.97 bits per heavy atom. The molecular weight excluding hydrogens is 368 g/mol. The smallest absolute Gasteiger partial charge is 0.0743 e. The molecule has 0 amide bonds. The highest BCUT2D eigenvalue weighted by atomic mass is 16.5. The maximum atomic E-state index is 10.2. The minimum Gasteiger partial charge on any atom is -0.391 e. The highest BCUT2D eigenvalue weighted by Gasteiger charge is 2.35. The Labute approximate surface area is 176 Å². The van der Waals surface area contributed by atoms with Crippen molar-refractivity contribution in [2.24, 2.45) is 5.73 Å². The molecule has 2 aliphatic rings. The number of benzene rings is 1. The molecule has 3 rings (SSSR count). The fraction of sp³-hybridized carbons (Fsp3) is 0.739. The summed E-state index contributed by atoms with van der Waals surface area (Å²) in [6.45, 7) is 11.1. The van der Waals surface area contributed by atoms with Crippen LogP contribution in [0.25, 0.3) is 0 Å². The number of aliphatic hydroxyl groups excluding tert-OH is 2. The molecule has 1 aromatic rings. The van der Waals surface area contributed by atoms with E-state index in [1.165, 1.54) is 5.56 Å². The van der Waals surface area contributed by atoms with Crippen molar-refractivity contribution in [3.8, 4) is 0 Å². The number of hydrogen-bond donors (Lipinski definition) is 4. The van der Waals surface area contributed by atoms with Crippen LogP contribution in [0, 0.1) is 0 Å². The van der Waals surface area contributed by atoms with Gasteiger partial charge in [-0.05, 0) is 40.2 Å². The minimum absolute atomic E-state index is 0. The summed E-state index contributed by atoms with van der Waals surface area (Å²) in [5, 5.41) is 22.9. The average molecular weight is 411 g/mol. The van der Waals surface area contributed by atoms with Crippen molar-refractivity contribution in [2.75, 3.05) is 13.2 Å². The first-order valence-electron chi connectivity index (χ1n) is 10.2.